The van der Waals surface area contributed by atoms with Gasteiger partial charge >= 0.3 is 0 Å². The molecule has 0 spiro atoms. The van der Waals surface area contributed by atoms with Crippen molar-refractivity contribution in [2.45, 2.75) is 25.4 Å². The molecule has 0 bridgehead atoms. The normalized spacial score (nSPS) is 20.2. The molecule has 0 saturated carbocycles. The van der Waals surface area contributed by atoms with Crippen LogP contribution < -0.4 is 10.6 Å². The Morgan fingerprint density at radius 1 is 1.44 bits per heavy atom. The molecule has 0 aliphatic carbocycles. The highest BCUT2D eigenvalue weighted by molar-refractivity contribution is 5.85. The standard InChI is InChI=1S/C14H21N3O/c1-10(14(18)16(2)3)17-9-8-12(15)11-6-4-5-7-13(11)17/h4-7,10,12H,8-9,15H2,1-3H3. The molecule has 98 valence electrons. The zero-order valence-corrected chi connectivity index (χ0v) is 11.3. The van der Waals surface area contributed by atoms with Crippen molar-refractivity contribution in [3.05, 3.63) is 29.8 Å². The Balaban J connectivity index is 2.31. The number of benzene rings is 1. The van der Waals surface area contributed by atoms with Crippen LogP contribution in [0, 0.1) is 0 Å². The van der Waals surface area contributed by atoms with Crippen LogP contribution in [0.1, 0.15) is 24.9 Å². The molecule has 2 rings (SSSR count). The number of carbonyl (C=O) groups excluding carboxylic acids is 1. The molecule has 1 aliphatic heterocycles. The van der Waals surface area contributed by atoms with E-state index in [1.54, 1.807) is 19.0 Å². The number of hydrogen-bond donors (Lipinski definition) is 1. The topological polar surface area (TPSA) is 49.6 Å². The molecule has 2 N–H and O–H groups in total. The number of carbonyl (C=O) groups is 1. The van der Waals surface area contributed by atoms with Crippen LogP contribution in [0.2, 0.25) is 0 Å². The Bertz CT molecular complexity index is 444. The van der Waals surface area contributed by atoms with Crippen LogP contribution in [0.3, 0.4) is 0 Å². The van der Waals surface area contributed by atoms with Gasteiger partial charge in [0.2, 0.25) is 5.91 Å². The summed E-state index contributed by atoms with van der Waals surface area (Å²) < 4.78 is 0. The molecule has 0 aromatic heterocycles. The van der Waals surface area contributed by atoms with Gasteiger partial charge in [0.15, 0.2) is 0 Å². The van der Waals surface area contributed by atoms with Crippen LogP contribution in [0.15, 0.2) is 24.3 Å². The average Bonchev–Trinajstić information content (AvgIpc) is 2.38. The van der Waals surface area contributed by atoms with Crippen LogP contribution in [-0.4, -0.2) is 37.5 Å². The van der Waals surface area contributed by atoms with Crippen molar-refractivity contribution in [3.8, 4) is 0 Å². The molecule has 18 heavy (non-hydrogen) atoms. The molecule has 1 amide bonds. The maximum absolute atomic E-state index is 12.1. The minimum absolute atomic E-state index is 0.0825. The monoisotopic (exact) mass is 247 g/mol. The SMILES string of the molecule is CC(C(=O)N(C)C)N1CCC(N)c2ccccc21. The number of para-hydroxylation sites is 1. The third-order valence-corrected chi connectivity index (χ3v) is 3.59. The molecule has 0 saturated heterocycles. The highest BCUT2D eigenvalue weighted by atomic mass is 16.2. The van der Waals surface area contributed by atoms with Gasteiger partial charge in [0.25, 0.3) is 0 Å². The van der Waals surface area contributed by atoms with E-state index >= 15 is 0 Å². The Morgan fingerprint density at radius 2 is 2.11 bits per heavy atom. The fourth-order valence-corrected chi connectivity index (χ4v) is 2.53. The van der Waals surface area contributed by atoms with Gasteiger partial charge < -0.3 is 15.5 Å². The average molecular weight is 247 g/mol. The van der Waals surface area contributed by atoms with Gasteiger partial charge in [-0.25, -0.2) is 0 Å². The molecule has 2 atom stereocenters. The van der Waals surface area contributed by atoms with Crippen LogP contribution in [0.4, 0.5) is 5.69 Å². The molecule has 1 aliphatic rings. The quantitative estimate of drug-likeness (QED) is 0.859. The summed E-state index contributed by atoms with van der Waals surface area (Å²) in [6.45, 7) is 2.79. The van der Waals surface area contributed by atoms with Gasteiger partial charge in [-0.2, -0.15) is 0 Å². The fraction of sp³-hybridized carbons (Fsp3) is 0.500. The van der Waals surface area contributed by atoms with Gasteiger partial charge in [-0.05, 0) is 25.0 Å². The van der Waals surface area contributed by atoms with Crippen molar-refractivity contribution in [2.75, 3.05) is 25.5 Å². The van der Waals surface area contributed by atoms with Crippen molar-refractivity contribution in [3.63, 3.8) is 0 Å². The van der Waals surface area contributed by atoms with E-state index in [0.29, 0.717) is 0 Å². The Kier molecular flexibility index (Phi) is 3.57. The van der Waals surface area contributed by atoms with Gasteiger partial charge in [-0.3, -0.25) is 4.79 Å². The second kappa shape index (κ2) is 4.98. The van der Waals surface area contributed by atoms with Crippen molar-refractivity contribution in [2.24, 2.45) is 5.73 Å². The summed E-state index contributed by atoms with van der Waals surface area (Å²) in [4.78, 5) is 15.9. The number of hydrogen-bond acceptors (Lipinski definition) is 3. The van der Waals surface area contributed by atoms with Crippen molar-refractivity contribution < 1.29 is 4.79 Å². The third-order valence-electron chi connectivity index (χ3n) is 3.59. The van der Waals surface area contributed by atoms with Crippen molar-refractivity contribution in [1.82, 2.24) is 4.90 Å². The van der Waals surface area contributed by atoms with E-state index in [2.05, 4.69) is 11.0 Å². The first-order valence-corrected chi connectivity index (χ1v) is 6.34. The first kappa shape index (κ1) is 12.9. The molecular weight excluding hydrogens is 226 g/mol. The van der Waals surface area contributed by atoms with E-state index in [-0.39, 0.29) is 18.0 Å². The van der Waals surface area contributed by atoms with Crippen LogP contribution in [0.25, 0.3) is 0 Å². The first-order valence-electron chi connectivity index (χ1n) is 6.34. The molecule has 4 nitrogen and oxygen atoms in total. The van der Waals surface area contributed by atoms with Gasteiger partial charge in [0, 0.05) is 32.4 Å². The molecule has 4 heteroatoms. The highest BCUT2D eigenvalue weighted by Crippen LogP contribution is 2.33. The number of nitrogens with two attached hydrogens (primary N) is 1. The minimum Gasteiger partial charge on any atom is -0.359 e. The van der Waals surface area contributed by atoms with E-state index in [0.717, 1.165) is 24.2 Å². The lowest BCUT2D eigenvalue weighted by molar-refractivity contribution is -0.129. The molecule has 2 unspecified atom stereocenters. The van der Waals surface area contributed by atoms with E-state index < -0.39 is 0 Å². The summed E-state index contributed by atoms with van der Waals surface area (Å²) in [6, 6.07) is 8.04. The lowest BCUT2D eigenvalue weighted by Crippen LogP contribution is -2.47. The maximum Gasteiger partial charge on any atom is 0.244 e. The third kappa shape index (κ3) is 2.20. The molecule has 0 fully saturated rings. The fourth-order valence-electron chi connectivity index (χ4n) is 2.53. The van der Waals surface area contributed by atoms with Crippen LogP contribution in [0.5, 0.6) is 0 Å². The second-order valence-electron chi connectivity index (χ2n) is 5.06. The number of rotatable bonds is 2. The molecule has 1 heterocycles. The number of amides is 1. The number of likely N-dealkylation sites (N-methyl/N-ethyl adjacent to an activating group) is 1. The minimum atomic E-state index is -0.145. The molecule has 0 radical (unpaired) electrons. The zero-order valence-electron chi connectivity index (χ0n) is 11.3. The first-order chi connectivity index (χ1) is 8.52. The highest BCUT2D eigenvalue weighted by Gasteiger charge is 2.29. The van der Waals surface area contributed by atoms with Crippen LogP contribution in [-0.2, 0) is 4.79 Å². The predicted octanol–water partition coefficient (Wildman–Crippen LogP) is 1.37. The van der Waals surface area contributed by atoms with Gasteiger partial charge in [0.05, 0.1) is 0 Å². The summed E-state index contributed by atoms with van der Waals surface area (Å²) in [5, 5.41) is 0. The summed E-state index contributed by atoms with van der Waals surface area (Å²) in [7, 11) is 3.58. The van der Waals surface area contributed by atoms with Gasteiger partial charge in [0.1, 0.15) is 6.04 Å². The van der Waals surface area contributed by atoms with E-state index in [1.807, 2.05) is 25.1 Å². The van der Waals surface area contributed by atoms with Crippen molar-refractivity contribution >= 4 is 11.6 Å². The largest absolute Gasteiger partial charge is 0.359 e. The summed E-state index contributed by atoms with van der Waals surface area (Å²) in [5.74, 6) is 0.125. The van der Waals surface area contributed by atoms with Gasteiger partial charge in [-0.1, -0.05) is 18.2 Å². The Labute approximate surface area is 108 Å². The smallest absolute Gasteiger partial charge is 0.244 e. The predicted molar refractivity (Wildman–Crippen MR) is 73.5 cm³/mol. The Hall–Kier alpha value is -1.55. The summed E-state index contributed by atoms with van der Waals surface area (Å²) >= 11 is 0. The van der Waals surface area contributed by atoms with E-state index in [1.165, 1.54) is 0 Å². The Morgan fingerprint density at radius 3 is 2.78 bits per heavy atom. The van der Waals surface area contributed by atoms with Crippen LogP contribution >= 0.6 is 0 Å². The number of anilines is 1. The second-order valence-corrected chi connectivity index (χ2v) is 5.06. The lowest BCUT2D eigenvalue weighted by Gasteiger charge is -2.38. The van der Waals surface area contributed by atoms with E-state index in [4.69, 9.17) is 5.73 Å². The summed E-state index contributed by atoms with van der Waals surface area (Å²) in [5.41, 5.74) is 8.36. The summed E-state index contributed by atoms with van der Waals surface area (Å²) in [6.07, 6.45) is 0.891. The van der Waals surface area contributed by atoms with Crippen molar-refractivity contribution in [1.29, 1.82) is 0 Å². The van der Waals surface area contributed by atoms with E-state index in [9.17, 15) is 4.79 Å². The van der Waals surface area contributed by atoms with Gasteiger partial charge in [-0.15, -0.1) is 0 Å². The molecule has 1 aromatic rings. The zero-order chi connectivity index (χ0) is 13.3. The molecular formula is C14H21N3O. The number of nitrogens with zero attached hydrogens (tertiary/aromatic N) is 2. The maximum atomic E-state index is 12.1. The lowest BCUT2D eigenvalue weighted by atomic mass is 9.96. The number of fused-ring (bicyclic) bond motifs is 1. The molecule has 1 aromatic carbocycles.